The Morgan fingerprint density at radius 1 is 0.364 bits per heavy atom. The maximum Gasteiger partial charge on any atom is 0.647 e. The van der Waals surface area contributed by atoms with Crippen molar-refractivity contribution in [2.45, 2.75) is 0 Å². The van der Waals surface area contributed by atoms with Crippen LogP contribution in [0.4, 0.5) is 0 Å². The number of hydrogen-bond acceptors (Lipinski definition) is 7. The van der Waals surface area contributed by atoms with Crippen molar-refractivity contribution in [1.29, 1.82) is 0 Å². The highest BCUT2D eigenvalue weighted by molar-refractivity contribution is 7.49. The minimum absolute atomic E-state index is 0.303. The van der Waals surface area contributed by atoms with E-state index in [2.05, 4.69) is 0 Å². The summed E-state index contributed by atoms with van der Waals surface area (Å²) >= 11 is 0. The van der Waals surface area contributed by atoms with E-state index >= 15 is 0 Å². The van der Waals surface area contributed by atoms with Gasteiger partial charge < -0.3 is 26.8 Å². The average Bonchev–Trinajstić information content (AvgIpc) is 3.72. The zero-order chi connectivity index (χ0) is 29.3. The second-order valence-electron chi connectivity index (χ2n) is 10.5. The molecule has 0 atom stereocenters. The molecule has 0 aliphatic rings. The number of para-hydroxylation sites is 3. The van der Waals surface area contributed by atoms with Gasteiger partial charge in [0.1, 0.15) is 50.7 Å². The SMILES string of the molecule is O=P(Oc1ccc2oc3ccccc3c2c1)(Oc1ccc2oc3ccccc3c2c1)Oc1ccc2oc3ccccc3c2c1. The lowest BCUT2D eigenvalue weighted by Crippen LogP contribution is -2.07. The zero-order valence-electron chi connectivity index (χ0n) is 22.9. The Morgan fingerprint density at radius 2 is 0.659 bits per heavy atom. The molecule has 0 unspecified atom stereocenters. The molecule has 0 fully saturated rings. The summed E-state index contributed by atoms with van der Waals surface area (Å²) in [4.78, 5) is 0. The monoisotopic (exact) mass is 596 g/mol. The molecular weight excluding hydrogens is 575 g/mol. The molecule has 3 aromatic heterocycles. The third-order valence-electron chi connectivity index (χ3n) is 7.70. The van der Waals surface area contributed by atoms with Crippen molar-refractivity contribution in [3.05, 3.63) is 127 Å². The molecule has 0 saturated heterocycles. The van der Waals surface area contributed by atoms with E-state index in [0.717, 1.165) is 49.1 Å². The minimum atomic E-state index is -4.34. The molecule has 0 aliphatic carbocycles. The number of phosphoric acid groups is 1. The first-order valence-corrected chi connectivity index (χ1v) is 15.5. The minimum Gasteiger partial charge on any atom is -0.456 e. The third-order valence-corrected chi connectivity index (χ3v) is 9.00. The van der Waals surface area contributed by atoms with Crippen LogP contribution < -0.4 is 13.6 Å². The van der Waals surface area contributed by atoms with Crippen LogP contribution in [-0.4, -0.2) is 0 Å². The zero-order valence-corrected chi connectivity index (χ0v) is 23.8. The molecule has 44 heavy (non-hydrogen) atoms. The summed E-state index contributed by atoms with van der Waals surface area (Å²) in [5.74, 6) is 0.909. The predicted molar refractivity (Wildman–Crippen MR) is 171 cm³/mol. The van der Waals surface area contributed by atoms with Crippen LogP contribution in [0, 0.1) is 0 Å². The number of phosphoric ester groups is 1. The van der Waals surface area contributed by atoms with Gasteiger partial charge in [0.25, 0.3) is 0 Å². The quantitative estimate of drug-likeness (QED) is 0.177. The standard InChI is InChI=1S/C36H21O7P/c37-44(41-22-13-16-34-28(19-22)25-7-1-4-10-31(25)38-34,42-23-14-17-35-29(20-23)26-8-2-5-11-32(26)39-35)43-24-15-18-36-30(21-24)27-9-3-6-12-33(27)40-36/h1-21H. The van der Waals surface area contributed by atoms with E-state index in [1.807, 2.05) is 72.8 Å². The number of hydrogen-bond donors (Lipinski definition) is 0. The molecule has 0 saturated carbocycles. The molecule has 9 rings (SSSR count). The van der Waals surface area contributed by atoms with Crippen LogP contribution in [0.2, 0.25) is 0 Å². The number of fused-ring (bicyclic) bond motifs is 9. The van der Waals surface area contributed by atoms with Gasteiger partial charge in [-0.2, -0.15) is 4.57 Å². The first-order valence-electron chi connectivity index (χ1n) is 14.0. The van der Waals surface area contributed by atoms with Crippen molar-refractivity contribution in [3.8, 4) is 17.2 Å². The maximum absolute atomic E-state index is 14.6. The molecule has 6 aromatic carbocycles. The van der Waals surface area contributed by atoms with Crippen molar-refractivity contribution >= 4 is 73.6 Å². The Morgan fingerprint density at radius 3 is 1.00 bits per heavy atom. The number of furan rings is 3. The van der Waals surface area contributed by atoms with Crippen molar-refractivity contribution in [2.75, 3.05) is 0 Å². The molecule has 212 valence electrons. The van der Waals surface area contributed by atoms with Gasteiger partial charge in [-0.3, -0.25) is 0 Å². The summed E-state index contributed by atoms with van der Waals surface area (Å²) in [5.41, 5.74) is 4.30. The predicted octanol–water partition coefficient (Wildman–Crippen LogP) is 11.0. The van der Waals surface area contributed by atoms with E-state index in [0.29, 0.717) is 34.0 Å². The van der Waals surface area contributed by atoms with Crippen LogP contribution >= 0.6 is 7.82 Å². The van der Waals surface area contributed by atoms with Gasteiger partial charge >= 0.3 is 7.82 Å². The van der Waals surface area contributed by atoms with E-state index in [1.165, 1.54) is 0 Å². The Hall–Kier alpha value is -5.65. The van der Waals surface area contributed by atoms with E-state index in [-0.39, 0.29) is 0 Å². The molecule has 7 nitrogen and oxygen atoms in total. The molecule has 8 heteroatoms. The van der Waals surface area contributed by atoms with Crippen LogP contribution in [0.25, 0.3) is 65.8 Å². The lowest BCUT2D eigenvalue weighted by Gasteiger charge is -2.19. The highest BCUT2D eigenvalue weighted by Crippen LogP contribution is 2.51. The summed E-state index contributed by atoms with van der Waals surface area (Å²) in [5, 5.41) is 5.21. The topological polar surface area (TPSA) is 84.2 Å². The maximum atomic E-state index is 14.6. The fraction of sp³-hybridized carbons (Fsp3) is 0. The molecular formula is C36H21O7P. The molecule has 0 radical (unpaired) electrons. The van der Waals surface area contributed by atoms with Crippen molar-refractivity contribution in [2.24, 2.45) is 0 Å². The Bertz CT molecular complexity index is 2300. The summed E-state index contributed by atoms with van der Waals surface area (Å²) in [6.45, 7) is 0. The second kappa shape index (κ2) is 9.43. The molecule has 9 aromatic rings. The fourth-order valence-electron chi connectivity index (χ4n) is 5.73. The van der Waals surface area contributed by atoms with Gasteiger partial charge in [-0.15, -0.1) is 0 Å². The molecule has 0 amide bonds. The van der Waals surface area contributed by atoms with Gasteiger partial charge in [0.2, 0.25) is 0 Å². The van der Waals surface area contributed by atoms with E-state index in [4.69, 9.17) is 26.8 Å². The second-order valence-corrected chi connectivity index (χ2v) is 11.9. The van der Waals surface area contributed by atoms with E-state index in [9.17, 15) is 4.57 Å². The van der Waals surface area contributed by atoms with Crippen molar-refractivity contribution < 1.29 is 31.4 Å². The third kappa shape index (κ3) is 4.09. The van der Waals surface area contributed by atoms with Crippen LogP contribution in [0.3, 0.4) is 0 Å². The lowest BCUT2D eigenvalue weighted by atomic mass is 10.1. The first kappa shape index (κ1) is 24.9. The van der Waals surface area contributed by atoms with Gasteiger partial charge in [-0.25, -0.2) is 0 Å². The summed E-state index contributed by atoms with van der Waals surface area (Å²) in [6, 6.07) is 38.9. The normalized spacial score (nSPS) is 12.2. The Balaban J connectivity index is 1.14. The number of rotatable bonds is 6. The van der Waals surface area contributed by atoms with E-state index in [1.54, 1.807) is 54.6 Å². The Labute approximate surface area is 249 Å². The van der Waals surface area contributed by atoms with Crippen LogP contribution in [0.15, 0.2) is 141 Å². The summed E-state index contributed by atoms with van der Waals surface area (Å²) in [6.07, 6.45) is 0. The molecule has 0 N–H and O–H groups in total. The van der Waals surface area contributed by atoms with Gasteiger partial charge in [0.15, 0.2) is 0 Å². The van der Waals surface area contributed by atoms with Crippen LogP contribution in [0.1, 0.15) is 0 Å². The van der Waals surface area contributed by atoms with Crippen molar-refractivity contribution in [3.63, 3.8) is 0 Å². The summed E-state index contributed by atoms with van der Waals surface area (Å²) in [7, 11) is -4.34. The van der Waals surface area contributed by atoms with E-state index < -0.39 is 7.82 Å². The van der Waals surface area contributed by atoms with Crippen LogP contribution in [0.5, 0.6) is 17.2 Å². The highest BCUT2D eigenvalue weighted by atomic mass is 31.2. The van der Waals surface area contributed by atoms with Crippen LogP contribution in [-0.2, 0) is 4.57 Å². The molecule has 0 spiro atoms. The molecule has 0 aliphatic heterocycles. The molecule has 3 heterocycles. The van der Waals surface area contributed by atoms with Gasteiger partial charge in [-0.1, -0.05) is 54.6 Å². The fourth-order valence-corrected chi connectivity index (χ4v) is 6.96. The summed E-state index contributed by atoms with van der Waals surface area (Å²) < 4.78 is 50.8. The average molecular weight is 597 g/mol. The molecule has 0 bridgehead atoms. The first-order chi connectivity index (χ1) is 21.6. The smallest absolute Gasteiger partial charge is 0.456 e. The Kier molecular flexibility index (Phi) is 5.34. The lowest BCUT2D eigenvalue weighted by molar-refractivity contribution is 0.299. The highest BCUT2D eigenvalue weighted by Gasteiger charge is 2.34. The van der Waals surface area contributed by atoms with Crippen molar-refractivity contribution in [1.82, 2.24) is 0 Å². The number of benzene rings is 6. The van der Waals surface area contributed by atoms with Gasteiger partial charge in [-0.05, 0) is 72.8 Å². The van der Waals surface area contributed by atoms with Gasteiger partial charge in [0.05, 0.1) is 0 Å². The van der Waals surface area contributed by atoms with Gasteiger partial charge in [0, 0.05) is 32.3 Å². The largest absolute Gasteiger partial charge is 0.647 e.